The minimum absolute atomic E-state index is 0.516. The SMILES string of the molecule is CCC(NC1CCCC1(C)C)C(C)C. The lowest BCUT2D eigenvalue weighted by Gasteiger charge is -2.33. The average Bonchev–Trinajstić information content (AvgIpc) is 2.40. The van der Waals surface area contributed by atoms with Gasteiger partial charge in [0.1, 0.15) is 0 Å². The van der Waals surface area contributed by atoms with E-state index in [1.54, 1.807) is 0 Å². The maximum atomic E-state index is 3.86. The van der Waals surface area contributed by atoms with Gasteiger partial charge in [-0.2, -0.15) is 0 Å². The fourth-order valence-electron chi connectivity index (χ4n) is 2.68. The highest BCUT2D eigenvalue weighted by Crippen LogP contribution is 2.37. The number of hydrogen-bond acceptors (Lipinski definition) is 1. The molecule has 1 heteroatoms. The molecular weight excluding hydrogens is 170 g/mol. The second-order valence-corrected chi connectivity index (χ2v) is 5.86. The topological polar surface area (TPSA) is 12.0 Å². The Morgan fingerprint density at radius 3 is 2.36 bits per heavy atom. The Balaban J connectivity index is 2.50. The van der Waals surface area contributed by atoms with E-state index in [9.17, 15) is 0 Å². The highest BCUT2D eigenvalue weighted by Gasteiger charge is 2.35. The van der Waals surface area contributed by atoms with Crippen molar-refractivity contribution in [3.8, 4) is 0 Å². The molecule has 0 heterocycles. The molecular formula is C13H27N. The molecule has 1 rings (SSSR count). The Hall–Kier alpha value is -0.0400. The van der Waals surface area contributed by atoms with Gasteiger partial charge in [0, 0.05) is 12.1 Å². The van der Waals surface area contributed by atoms with Gasteiger partial charge in [0.2, 0.25) is 0 Å². The van der Waals surface area contributed by atoms with E-state index in [4.69, 9.17) is 0 Å². The summed E-state index contributed by atoms with van der Waals surface area (Å²) in [5.74, 6) is 0.761. The molecule has 0 amide bonds. The van der Waals surface area contributed by atoms with E-state index in [0.29, 0.717) is 11.5 Å². The molecule has 84 valence electrons. The van der Waals surface area contributed by atoms with Crippen LogP contribution in [0.1, 0.15) is 60.3 Å². The van der Waals surface area contributed by atoms with Crippen molar-refractivity contribution in [1.29, 1.82) is 0 Å². The van der Waals surface area contributed by atoms with Gasteiger partial charge in [-0.05, 0) is 30.6 Å². The van der Waals surface area contributed by atoms with Crippen molar-refractivity contribution >= 4 is 0 Å². The van der Waals surface area contributed by atoms with Crippen molar-refractivity contribution in [3.05, 3.63) is 0 Å². The summed E-state index contributed by atoms with van der Waals surface area (Å²) in [4.78, 5) is 0. The molecule has 1 aliphatic rings. The van der Waals surface area contributed by atoms with Crippen molar-refractivity contribution in [2.45, 2.75) is 72.4 Å². The summed E-state index contributed by atoms with van der Waals surface area (Å²) in [5, 5.41) is 3.86. The normalized spacial score (nSPS) is 28.3. The Labute approximate surface area is 89.7 Å². The molecule has 0 aliphatic heterocycles. The lowest BCUT2D eigenvalue weighted by molar-refractivity contribution is 0.236. The first-order chi connectivity index (χ1) is 6.47. The standard InChI is InChI=1S/C13H27N/c1-6-11(10(2)3)14-12-8-7-9-13(12,4)5/h10-12,14H,6-9H2,1-5H3. The van der Waals surface area contributed by atoms with Crippen molar-refractivity contribution in [1.82, 2.24) is 5.32 Å². The second-order valence-electron chi connectivity index (χ2n) is 5.86. The molecule has 1 nitrogen and oxygen atoms in total. The summed E-state index contributed by atoms with van der Waals surface area (Å²) in [6, 6.07) is 1.45. The van der Waals surface area contributed by atoms with Crippen LogP contribution in [-0.4, -0.2) is 12.1 Å². The maximum Gasteiger partial charge on any atom is 0.0121 e. The largest absolute Gasteiger partial charge is 0.310 e. The van der Waals surface area contributed by atoms with Crippen molar-refractivity contribution in [2.75, 3.05) is 0 Å². The summed E-state index contributed by atoms with van der Waals surface area (Å²) in [5.41, 5.74) is 0.516. The number of nitrogens with one attached hydrogen (secondary N) is 1. The molecule has 0 radical (unpaired) electrons. The zero-order valence-corrected chi connectivity index (χ0v) is 10.6. The first-order valence-electron chi connectivity index (χ1n) is 6.23. The maximum absolute atomic E-state index is 3.86. The summed E-state index contributed by atoms with van der Waals surface area (Å²) in [6.45, 7) is 11.8. The third-order valence-corrected chi connectivity index (χ3v) is 3.92. The lowest BCUT2D eigenvalue weighted by Crippen LogP contribution is -2.45. The van der Waals surface area contributed by atoms with E-state index in [1.165, 1.54) is 25.7 Å². The molecule has 1 fully saturated rings. The highest BCUT2D eigenvalue weighted by atomic mass is 15.0. The fourth-order valence-corrected chi connectivity index (χ4v) is 2.68. The van der Waals surface area contributed by atoms with Gasteiger partial charge in [-0.15, -0.1) is 0 Å². The van der Waals surface area contributed by atoms with Gasteiger partial charge in [0.25, 0.3) is 0 Å². The Morgan fingerprint density at radius 1 is 1.36 bits per heavy atom. The number of rotatable bonds is 4. The minimum atomic E-state index is 0.516. The predicted molar refractivity (Wildman–Crippen MR) is 63.5 cm³/mol. The third-order valence-electron chi connectivity index (χ3n) is 3.92. The summed E-state index contributed by atoms with van der Waals surface area (Å²) >= 11 is 0. The molecule has 14 heavy (non-hydrogen) atoms. The molecule has 1 aliphatic carbocycles. The summed E-state index contributed by atoms with van der Waals surface area (Å²) in [7, 11) is 0. The van der Waals surface area contributed by atoms with Crippen LogP contribution in [0.2, 0.25) is 0 Å². The molecule has 2 unspecified atom stereocenters. The van der Waals surface area contributed by atoms with E-state index in [-0.39, 0.29) is 0 Å². The lowest BCUT2D eigenvalue weighted by atomic mass is 9.86. The smallest absolute Gasteiger partial charge is 0.0121 e. The van der Waals surface area contributed by atoms with Crippen LogP contribution in [0.3, 0.4) is 0 Å². The van der Waals surface area contributed by atoms with Gasteiger partial charge in [0.15, 0.2) is 0 Å². The van der Waals surface area contributed by atoms with Gasteiger partial charge < -0.3 is 5.32 Å². The zero-order valence-electron chi connectivity index (χ0n) is 10.6. The van der Waals surface area contributed by atoms with Crippen molar-refractivity contribution < 1.29 is 0 Å². The van der Waals surface area contributed by atoms with Crippen molar-refractivity contribution in [2.24, 2.45) is 11.3 Å². The summed E-state index contributed by atoms with van der Waals surface area (Å²) in [6.07, 6.45) is 5.42. The highest BCUT2D eigenvalue weighted by molar-refractivity contribution is 4.92. The van der Waals surface area contributed by atoms with E-state index >= 15 is 0 Å². The molecule has 0 aromatic heterocycles. The molecule has 1 N–H and O–H groups in total. The molecule has 0 bridgehead atoms. The van der Waals surface area contributed by atoms with Crippen LogP contribution in [0.5, 0.6) is 0 Å². The fraction of sp³-hybridized carbons (Fsp3) is 1.00. The van der Waals surface area contributed by atoms with E-state index in [0.717, 1.165) is 12.0 Å². The van der Waals surface area contributed by atoms with Crippen LogP contribution in [0.15, 0.2) is 0 Å². The molecule has 0 saturated heterocycles. The van der Waals surface area contributed by atoms with E-state index in [1.807, 2.05) is 0 Å². The first-order valence-corrected chi connectivity index (χ1v) is 6.23. The monoisotopic (exact) mass is 197 g/mol. The van der Waals surface area contributed by atoms with Crippen molar-refractivity contribution in [3.63, 3.8) is 0 Å². The molecule has 2 atom stereocenters. The Kier molecular flexibility index (Phi) is 4.00. The quantitative estimate of drug-likeness (QED) is 0.726. The van der Waals surface area contributed by atoms with Crippen LogP contribution >= 0.6 is 0 Å². The number of hydrogen-bond donors (Lipinski definition) is 1. The van der Waals surface area contributed by atoms with Gasteiger partial charge in [-0.1, -0.05) is 41.0 Å². The molecule has 0 aromatic rings. The predicted octanol–water partition coefficient (Wildman–Crippen LogP) is 3.59. The molecule has 0 spiro atoms. The van der Waals surface area contributed by atoms with Crippen LogP contribution in [0.4, 0.5) is 0 Å². The van der Waals surface area contributed by atoms with Gasteiger partial charge in [-0.3, -0.25) is 0 Å². The molecule has 0 aromatic carbocycles. The van der Waals surface area contributed by atoms with E-state index in [2.05, 4.69) is 39.9 Å². The van der Waals surface area contributed by atoms with Gasteiger partial charge in [-0.25, -0.2) is 0 Å². The summed E-state index contributed by atoms with van der Waals surface area (Å²) < 4.78 is 0. The van der Waals surface area contributed by atoms with E-state index < -0.39 is 0 Å². The Morgan fingerprint density at radius 2 is 2.00 bits per heavy atom. The van der Waals surface area contributed by atoms with Crippen LogP contribution in [0, 0.1) is 11.3 Å². The zero-order chi connectivity index (χ0) is 10.8. The Bertz CT molecular complexity index is 172. The minimum Gasteiger partial charge on any atom is -0.310 e. The van der Waals surface area contributed by atoms with Crippen LogP contribution in [-0.2, 0) is 0 Å². The first kappa shape index (κ1) is 12.0. The van der Waals surface area contributed by atoms with Crippen LogP contribution in [0.25, 0.3) is 0 Å². The van der Waals surface area contributed by atoms with Crippen LogP contribution < -0.4 is 5.32 Å². The molecule has 1 saturated carbocycles. The second kappa shape index (κ2) is 4.65. The van der Waals surface area contributed by atoms with Gasteiger partial charge >= 0.3 is 0 Å². The third kappa shape index (κ3) is 2.73. The van der Waals surface area contributed by atoms with Gasteiger partial charge in [0.05, 0.1) is 0 Å². The average molecular weight is 197 g/mol.